The number of aliphatic carboxylic acids is 1. The van der Waals surface area contributed by atoms with Crippen LogP contribution in [-0.2, 0) is 4.79 Å². The molecule has 0 aliphatic heterocycles. The number of hydrogen-bond acceptors (Lipinski definition) is 3. The highest BCUT2D eigenvalue weighted by Crippen LogP contribution is 2.58. The number of nitrogens with one attached hydrogen (secondary N) is 1. The molecule has 1 spiro atoms. The normalized spacial score (nSPS) is 22.2. The van der Waals surface area contributed by atoms with E-state index >= 15 is 0 Å². The summed E-state index contributed by atoms with van der Waals surface area (Å²) >= 11 is 9.79. The maximum absolute atomic E-state index is 13.5. The number of benzene rings is 2. The Morgan fingerprint density at radius 1 is 1.28 bits per heavy atom. The minimum absolute atomic E-state index is 0.0681. The number of carboxylic acids is 1. The van der Waals surface area contributed by atoms with Crippen LogP contribution in [0.5, 0.6) is 0 Å². The zero-order chi connectivity index (χ0) is 22.6. The summed E-state index contributed by atoms with van der Waals surface area (Å²) in [5.74, 6) is -1.69. The molecule has 32 heavy (non-hydrogen) atoms. The molecule has 1 heterocycles. The number of aromatic nitrogens is 2. The summed E-state index contributed by atoms with van der Waals surface area (Å²) in [5, 5.41) is 18.4. The molecular formula is C24H23BrClN3O3. The van der Waals surface area contributed by atoms with Crippen molar-refractivity contribution in [2.24, 2.45) is 11.3 Å². The zero-order valence-electron chi connectivity index (χ0n) is 17.5. The fourth-order valence-electron chi connectivity index (χ4n) is 5.30. The van der Waals surface area contributed by atoms with Crippen molar-refractivity contribution in [2.75, 3.05) is 0 Å². The van der Waals surface area contributed by atoms with Crippen LogP contribution in [0.3, 0.4) is 0 Å². The average molecular weight is 517 g/mol. The number of rotatable bonds is 5. The Morgan fingerprint density at radius 2 is 2.00 bits per heavy atom. The molecule has 8 heteroatoms. The molecule has 2 fully saturated rings. The molecule has 2 N–H and O–H groups in total. The van der Waals surface area contributed by atoms with Gasteiger partial charge in [0.25, 0.3) is 5.91 Å². The third-order valence-electron chi connectivity index (χ3n) is 7.26. The minimum Gasteiger partial charge on any atom is -0.481 e. The van der Waals surface area contributed by atoms with Crippen LogP contribution in [0.15, 0.2) is 47.1 Å². The van der Waals surface area contributed by atoms with Crippen molar-refractivity contribution >= 4 is 50.3 Å². The first-order valence-electron chi connectivity index (χ1n) is 10.7. The Bertz CT molecular complexity index is 1220. The first-order chi connectivity index (χ1) is 15.3. The van der Waals surface area contributed by atoms with Gasteiger partial charge in [0.05, 0.1) is 29.2 Å². The lowest BCUT2D eigenvalue weighted by atomic mass is 9.48. The summed E-state index contributed by atoms with van der Waals surface area (Å²) in [7, 11) is 0. The van der Waals surface area contributed by atoms with E-state index in [0.29, 0.717) is 22.5 Å². The molecule has 3 atom stereocenters. The predicted molar refractivity (Wildman–Crippen MR) is 126 cm³/mol. The zero-order valence-corrected chi connectivity index (χ0v) is 19.9. The second-order valence-corrected chi connectivity index (χ2v) is 10.4. The second-order valence-electron chi connectivity index (χ2n) is 9.02. The number of carbonyl (C=O) groups is 2. The van der Waals surface area contributed by atoms with Crippen LogP contribution in [0, 0.1) is 11.3 Å². The monoisotopic (exact) mass is 515 g/mol. The van der Waals surface area contributed by atoms with Crippen molar-refractivity contribution in [3.05, 3.63) is 63.2 Å². The molecule has 0 bridgehead atoms. The number of halogens is 2. The van der Waals surface area contributed by atoms with Gasteiger partial charge in [-0.3, -0.25) is 14.3 Å². The van der Waals surface area contributed by atoms with Gasteiger partial charge in [-0.2, -0.15) is 5.10 Å². The van der Waals surface area contributed by atoms with Gasteiger partial charge in [0.15, 0.2) is 0 Å². The Kier molecular flexibility index (Phi) is 5.29. The SMILES string of the molecule is CC(c1ccc(Br)cc1)n1ncc2cc(Cl)cc(C(=O)NC3C(C(=O)O)CC34CCC4)c21. The van der Waals surface area contributed by atoms with Gasteiger partial charge in [-0.25, -0.2) is 0 Å². The van der Waals surface area contributed by atoms with E-state index in [-0.39, 0.29) is 23.4 Å². The molecular weight excluding hydrogens is 494 g/mol. The summed E-state index contributed by atoms with van der Waals surface area (Å²) in [5.41, 5.74) is 2.09. The summed E-state index contributed by atoms with van der Waals surface area (Å²) in [6.45, 7) is 2.03. The van der Waals surface area contributed by atoms with Crippen LogP contribution in [0.25, 0.3) is 10.9 Å². The van der Waals surface area contributed by atoms with Crippen LogP contribution in [0.4, 0.5) is 0 Å². The van der Waals surface area contributed by atoms with Gasteiger partial charge in [0.2, 0.25) is 0 Å². The number of amides is 1. The molecule has 2 aromatic carbocycles. The molecule has 2 aliphatic carbocycles. The number of nitrogens with zero attached hydrogens (tertiary/aromatic N) is 2. The highest BCUT2D eigenvalue weighted by atomic mass is 79.9. The molecule has 2 aliphatic rings. The predicted octanol–water partition coefficient (Wildman–Crippen LogP) is 5.43. The van der Waals surface area contributed by atoms with Gasteiger partial charge in [0.1, 0.15) is 0 Å². The fraction of sp³-hybridized carbons (Fsp3) is 0.375. The molecule has 0 saturated heterocycles. The van der Waals surface area contributed by atoms with Gasteiger partial charge in [-0.15, -0.1) is 0 Å². The highest BCUT2D eigenvalue weighted by molar-refractivity contribution is 9.10. The molecule has 0 radical (unpaired) electrons. The standard InChI is InChI=1S/C24H23BrClN3O3/c1-13(14-3-5-16(25)6-4-14)29-20-15(12-27-29)9-17(26)10-18(20)22(30)28-21-19(23(31)32)11-24(21)7-2-8-24/h3-6,9-10,12-13,19,21H,2,7-8,11H2,1H3,(H,28,30)(H,31,32). The Balaban J connectivity index is 1.52. The number of carboxylic acid groups (broad SMARTS) is 1. The van der Waals surface area contributed by atoms with E-state index in [1.54, 1.807) is 18.3 Å². The molecule has 6 nitrogen and oxygen atoms in total. The maximum atomic E-state index is 13.5. The van der Waals surface area contributed by atoms with Crippen molar-refractivity contribution in [3.8, 4) is 0 Å². The molecule has 166 valence electrons. The third kappa shape index (κ3) is 3.42. The van der Waals surface area contributed by atoms with Gasteiger partial charge < -0.3 is 10.4 Å². The quantitative estimate of drug-likeness (QED) is 0.473. The molecule has 5 rings (SSSR count). The first-order valence-corrected chi connectivity index (χ1v) is 11.9. The second kappa shape index (κ2) is 7.89. The van der Waals surface area contributed by atoms with Crippen LogP contribution in [-0.4, -0.2) is 32.8 Å². The van der Waals surface area contributed by atoms with Crippen molar-refractivity contribution in [2.45, 2.75) is 44.7 Å². The average Bonchev–Trinajstić information content (AvgIpc) is 3.12. The molecule has 3 unspecified atom stereocenters. The van der Waals surface area contributed by atoms with Crippen LogP contribution in [0.1, 0.15) is 54.6 Å². The Hall–Kier alpha value is -2.38. The van der Waals surface area contributed by atoms with Gasteiger partial charge in [0, 0.05) is 20.9 Å². The largest absolute Gasteiger partial charge is 0.481 e. The summed E-state index contributed by atoms with van der Waals surface area (Å²) in [6, 6.07) is 11.0. The smallest absolute Gasteiger partial charge is 0.308 e. The van der Waals surface area contributed by atoms with Crippen molar-refractivity contribution in [1.82, 2.24) is 15.1 Å². The fourth-order valence-corrected chi connectivity index (χ4v) is 5.79. The van der Waals surface area contributed by atoms with E-state index in [1.807, 2.05) is 35.9 Å². The number of fused-ring (bicyclic) bond motifs is 1. The lowest BCUT2D eigenvalue weighted by molar-refractivity contribution is -0.159. The molecule has 3 aromatic rings. The summed E-state index contributed by atoms with van der Waals surface area (Å²) < 4.78 is 2.82. The van der Waals surface area contributed by atoms with Crippen LogP contribution in [0.2, 0.25) is 5.02 Å². The Morgan fingerprint density at radius 3 is 2.62 bits per heavy atom. The molecule has 1 amide bonds. The van der Waals surface area contributed by atoms with Crippen molar-refractivity contribution in [1.29, 1.82) is 0 Å². The highest BCUT2D eigenvalue weighted by Gasteiger charge is 2.60. The summed E-state index contributed by atoms with van der Waals surface area (Å²) in [6.07, 6.45) is 5.36. The lowest BCUT2D eigenvalue weighted by Crippen LogP contribution is -2.66. The van der Waals surface area contributed by atoms with Crippen LogP contribution >= 0.6 is 27.5 Å². The van der Waals surface area contributed by atoms with E-state index in [9.17, 15) is 14.7 Å². The van der Waals surface area contributed by atoms with Crippen molar-refractivity contribution < 1.29 is 14.7 Å². The van der Waals surface area contributed by atoms with E-state index in [1.165, 1.54) is 0 Å². The first kappa shape index (κ1) is 21.5. The van der Waals surface area contributed by atoms with E-state index in [2.05, 4.69) is 26.3 Å². The van der Waals surface area contributed by atoms with Gasteiger partial charge in [-0.05, 0) is 61.4 Å². The van der Waals surface area contributed by atoms with Crippen LogP contribution < -0.4 is 5.32 Å². The van der Waals surface area contributed by atoms with Gasteiger partial charge >= 0.3 is 5.97 Å². The Labute approximate surface area is 199 Å². The summed E-state index contributed by atoms with van der Waals surface area (Å²) in [4.78, 5) is 25.2. The minimum atomic E-state index is -0.849. The van der Waals surface area contributed by atoms with E-state index in [0.717, 1.165) is 34.7 Å². The number of carbonyl (C=O) groups excluding carboxylic acids is 1. The molecule has 1 aromatic heterocycles. The van der Waals surface area contributed by atoms with E-state index in [4.69, 9.17) is 11.6 Å². The maximum Gasteiger partial charge on any atom is 0.308 e. The molecule has 2 saturated carbocycles. The third-order valence-corrected chi connectivity index (χ3v) is 8.01. The topological polar surface area (TPSA) is 84.2 Å². The van der Waals surface area contributed by atoms with E-state index < -0.39 is 11.9 Å². The van der Waals surface area contributed by atoms with Crippen molar-refractivity contribution in [3.63, 3.8) is 0 Å². The van der Waals surface area contributed by atoms with Gasteiger partial charge in [-0.1, -0.05) is 46.1 Å². The number of hydrogen-bond donors (Lipinski definition) is 2. The lowest BCUT2D eigenvalue weighted by Gasteiger charge is -2.59.